The molecule has 0 rings (SSSR count). The lowest BCUT2D eigenvalue weighted by Gasteiger charge is -2.02. The third-order valence-corrected chi connectivity index (χ3v) is 3.03. The maximum Gasteiger partial charge on any atom is 0.290 e. The van der Waals surface area contributed by atoms with E-state index in [9.17, 15) is 0 Å². The third kappa shape index (κ3) is 24.6. The molecular formula is C15H33NO2. The van der Waals surface area contributed by atoms with E-state index in [0.29, 0.717) is 0 Å². The van der Waals surface area contributed by atoms with E-state index < -0.39 is 0 Å². The SMILES string of the molecule is CCCCCCCCCCCCCNC.O=CO. The molecule has 18 heavy (non-hydrogen) atoms. The van der Waals surface area contributed by atoms with Crippen molar-refractivity contribution in [2.75, 3.05) is 13.6 Å². The molecule has 0 saturated heterocycles. The van der Waals surface area contributed by atoms with Crippen LogP contribution in [0.25, 0.3) is 0 Å². The van der Waals surface area contributed by atoms with Gasteiger partial charge in [0.05, 0.1) is 0 Å². The average Bonchev–Trinajstić information content (AvgIpc) is 2.37. The van der Waals surface area contributed by atoms with Gasteiger partial charge in [-0.2, -0.15) is 0 Å². The van der Waals surface area contributed by atoms with Crippen molar-refractivity contribution in [2.45, 2.75) is 77.6 Å². The number of hydrogen-bond donors (Lipinski definition) is 2. The van der Waals surface area contributed by atoms with Crippen LogP contribution >= 0.6 is 0 Å². The number of rotatable bonds is 12. The molecule has 0 aromatic carbocycles. The Kier molecular flexibility index (Phi) is 23.8. The lowest BCUT2D eigenvalue weighted by atomic mass is 10.1. The lowest BCUT2D eigenvalue weighted by molar-refractivity contribution is -0.122. The standard InChI is InChI=1S/C14H31N.CH2O2/c1-3-4-5-6-7-8-9-10-11-12-13-14-15-2;2-1-3/h15H,3-14H2,1-2H3;1H,(H,2,3). The molecule has 0 aliphatic heterocycles. The summed E-state index contributed by atoms with van der Waals surface area (Å²) >= 11 is 0. The maximum atomic E-state index is 8.36. The van der Waals surface area contributed by atoms with Crippen molar-refractivity contribution in [1.29, 1.82) is 0 Å². The Morgan fingerprint density at radius 2 is 1.17 bits per heavy atom. The number of carbonyl (C=O) groups is 1. The van der Waals surface area contributed by atoms with E-state index in [0.717, 1.165) is 0 Å². The Labute approximate surface area is 113 Å². The first kappa shape index (κ1) is 19.8. The number of carboxylic acid groups (broad SMARTS) is 1. The van der Waals surface area contributed by atoms with Gasteiger partial charge < -0.3 is 10.4 Å². The second kappa shape index (κ2) is 21.7. The molecule has 3 heteroatoms. The Balaban J connectivity index is 0. The summed E-state index contributed by atoms with van der Waals surface area (Å²) in [6.45, 7) is 3.22. The maximum absolute atomic E-state index is 8.36. The predicted molar refractivity (Wildman–Crippen MR) is 79.1 cm³/mol. The van der Waals surface area contributed by atoms with Crippen LogP contribution in [0.5, 0.6) is 0 Å². The Hall–Kier alpha value is -0.570. The zero-order valence-electron chi connectivity index (χ0n) is 12.4. The zero-order chi connectivity index (χ0) is 13.9. The number of unbranched alkanes of at least 4 members (excludes halogenated alkanes) is 10. The van der Waals surface area contributed by atoms with Crippen LogP contribution in [0.1, 0.15) is 77.6 Å². The molecule has 2 N–H and O–H groups in total. The fourth-order valence-electron chi connectivity index (χ4n) is 1.97. The van der Waals surface area contributed by atoms with Gasteiger partial charge in [0.2, 0.25) is 0 Å². The van der Waals surface area contributed by atoms with Crippen LogP contribution in [0.15, 0.2) is 0 Å². The molecular weight excluding hydrogens is 226 g/mol. The van der Waals surface area contributed by atoms with Crippen molar-refractivity contribution in [3.8, 4) is 0 Å². The van der Waals surface area contributed by atoms with E-state index in [4.69, 9.17) is 9.90 Å². The minimum Gasteiger partial charge on any atom is -0.483 e. The second-order valence-electron chi connectivity index (χ2n) is 4.74. The highest BCUT2D eigenvalue weighted by atomic mass is 16.3. The smallest absolute Gasteiger partial charge is 0.290 e. The van der Waals surface area contributed by atoms with Crippen LogP contribution in [0.2, 0.25) is 0 Å². The molecule has 0 unspecified atom stereocenters. The molecule has 0 spiro atoms. The molecule has 0 aromatic rings. The summed E-state index contributed by atoms with van der Waals surface area (Å²) in [7, 11) is 2.04. The van der Waals surface area contributed by atoms with E-state index in [1.165, 1.54) is 77.2 Å². The molecule has 3 nitrogen and oxygen atoms in total. The second-order valence-corrected chi connectivity index (χ2v) is 4.74. The van der Waals surface area contributed by atoms with Crippen molar-refractivity contribution in [3.63, 3.8) is 0 Å². The summed E-state index contributed by atoms with van der Waals surface area (Å²) in [5.74, 6) is 0. The van der Waals surface area contributed by atoms with Gasteiger partial charge in [-0.15, -0.1) is 0 Å². The third-order valence-electron chi connectivity index (χ3n) is 3.03. The van der Waals surface area contributed by atoms with Gasteiger partial charge in [0, 0.05) is 0 Å². The van der Waals surface area contributed by atoms with Crippen molar-refractivity contribution >= 4 is 6.47 Å². The highest BCUT2D eigenvalue weighted by Crippen LogP contribution is 2.10. The molecule has 0 aliphatic rings. The van der Waals surface area contributed by atoms with Crippen LogP contribution in [0.4, 0.5) is 0 Å². The zero-order valence-corrected chi connectivity index (χ0v) is 12.4. The van der Waals surface area contributed by atoms with Gasteiger partial charge in [0.15, 0.2) is 0 Å². The van der Waals surface area contributed by atoms with E-state index in [2.05, 4.69) is 12.2 Å². The quantitative estimate of drug-likeness (QED) is 0.407. The number of hydrogen-bond acceptors (Lipinski definition) is 2. The molecule has 0 aromatic heterocycles. The molecule has 0 bridgehead atoms. The van der Waals surface area contributed by atoms with Gasteiger partial charge in [-0.3, -0.25) is 4.79 Å². The Morgan fingerprint density at radius 3 is 1.50 bits per heavy atom. The molecule has 0 saturated carbocycles. The molecule has 0 amide bonds. The summed E-state index contributed by atoms with van der Waals surface area (Å²) in [5, 5.41) is 10.1. The average molecular weight is 259 g/mol. The summed E-state index contributed by atoms with van der Waals surface area (Å²) < 4.78 is 0. The molecule has 0 radical (unpaired) electrons. The number of nitrogens with one attached hydrogen (secondary N) is 1. The first-order chi connectivity index (χ1) is 8.83. The molecule has 0 heterocycles. The molecule has 110 valence electrons. The highest BCUT2D eigenvalue weighted by Gasteiger charge is 1.92. The van der Waals surface area contributed by atoms with Gasteiger partial charge in [-0.1, -0.05) is 71.1 Å². The Morgan fingerprint density at radius 1 is 0.833 bits per heavy atom. The normalized spacial score (nSPS) is 9.67. The lowest BCUT2D eigenvalue weighted by Crippen LogP contribution is -2.06. The first-order valence-corrected chi connectivity index (χ1v) is 7.55. The van der Waals surface area contributed by atoms with Crippen LogP contribution in [-0.4, -0.2) is 25.2 Å². The highest BCUT2D eigenvalue weighted by molar-refractivity contribution is 5.32. The minimum atomic E-state index is -0.250. The van der Waals surface area contributed by atoms with Crippen molar-refractivity contribution in [3.05, 3.63) is 0 Å². The van der Waals surface area contributed by atoms with Crippen LogP contribution in [-0.2, 0) is 4.79 Å². The Bertz CT molecular complexity index is 128. The van der Waals surface area contributed by atoms with E-state index in [1.807, 2.05) is 7.05 Å². The van der Waals surface area contributed by atoms with Gasteiger partial charge >= 0.3 is 0 Å². The summed E-state index contributed by atoms with van der Waals surface area (Å²) in [4.78, 5) is 8.36. The summed E-state index contributed by atoms with van der Waals surface area (Å²) in [6.07, 6.45) is 15.8. The van der Waals surface area contributed by atoms with E-state index in [-0.39, 0.29) is 6.47 Å². The van der Waals surface area contributed by atoms with Gasteiger partial charge in [0.25, 0.3) is 6.47 Å². The van der Waals surface area contributed by atoms with Crippen LogP contribution < -0.4 is 5.32 Å². The summed E-state index contributed by atoms with van der Waals surface area (Å²) in [6, 6.07) is 0. The minimum absolute atomic E-state index is 0.250. The van der Waals surface area contributed by atoms with Crippen LogP contribution in [0, 0.1) is 0 Å². The monoisotopic (exact) mass is 259 g/mol. The van der Waals surface area contributed by atoms with E-state index >= 15 is 0 Å². The fourth-order valence-corrected chi connectivity index (χ4v) is 1.97. The first-order valence-electron chi connectivity index (χ1n) is 7.55. The van der Waals surface area contributed by atoms with Crippen molar-refractivity contribution in [2.24, 2.45) is 0 Å². The van der Waals surface area contributed by atoms with Crippen LogP contribution in [0.3, 0.4) is 0 Å². The van der Waals surface area contributed by atoms with Gasteiger partial charge in [0.1, 0.15) is 0 Å². The van der Waals surface area contributed by atoms with Gasteiger partial charge in [-0.05, 0) is 20.0 Å². The largest absolute Gasteiger partial charge is 0.483 e. The molecule has 0 atom stereocenters. The topological polar surface area (TPSA) is 49.3 Å². The van der Waals surface area contributed by atoms with Crippen molar-refractivity contribution in [1.82, 2.24) is 5.32 Å². The van der Waals surface area contributed by atoms with Crippen molar-refractivity contribution < 1.29 is 9.90 Å². The summed E-state index contributed by atoms with van der Waals surface area (Å²) in [5.41, 5.74) is 0. The predicted octanol–water partition coefficient (Wildman–Crippen LogP) is 4.22. The van der Waals surface area contributed by atoms with E-state index in [1.54, 1.807) is 0 Å². The molecule has 0 aliphatic carbocycles. The van der Waals surface area contributed by atoms with Gasteiger partial charge in [-0.25, -0.2) is 0 Å². The fraction of sp³-hybridized carbons (Fsp3) is 0.933. The molecule has 0 fully saturated rings.